The number of nitrogens with one attached hydrogen (secondary N) is 3. The summed E-state index contributed by atoms with van der Waals surface area (Å²) in [6.07, 6.45) is -0.744. The smallest absolute Gasteiger partial charge is 0.375 e. The van der Waals surface area contributed by atoms with Crippen molar-refractivity contribution in [2.75, 3.05) is 23.1 Å². The summed E-state index contributed by atoms with van der Waals surface area (Å²) in [6.45, 7) is 3.14. The predicted octanol–water partition coefficient (Wildman–Crippen LogP) is 4.90. The first-order valence-corrected chi connectivity index (χ1v) is 11.9. The second-order valence-electron chi connectivity index (χ2n) is 8.12. The Bertz CT molecular complexity index is 1540. The fraction of sp³-hybridized carbons (Fsp3) is 0.273. The molecule has 4 aromatic heterocycles. The molecule has 12 nitrogen and oxygen atoms in total. The molecule has 0 aromatic carbocycles. The van der Waals surface area contributed by atoms with E-state index < -0.39 is 41.0 Å². The highest BCUT2D eigenvalue weighted by atomic mass is 35.5. The maximum Gasteiger partial charge on any atom is 0.420 e. The van der Waals surface area contributed by atoms with Crippen LogP contribution in [0.25, 0.3) is 11.5 Å². The van der Waals surface area contributed by atoms with Gasteiger partial charge in [-0.15, -0.1) is 11.6 Å². The van der Waals surface area contributed by atoms with Crippen molar-refractivity contribution in [1.82, 2.24) is 29.4 Å². The summed E-state index contributed by atoms with van der Waals surface area (Å²) in [7, 11) is 1.45. The number of carbonyl (C=O) groups is 2. The van der Waals surface area contributed by atoms with E-state index in [1.165, 1.54) is 30.8 Å². The highest BCUT2D eigenvalue weighted by Crippen LogP contribution is 2.35. The van der Waals surface area contributed by atoms with Crippen molar-refractivity contribution >= 4 is 57.8 Å². The van der Waals surface area contributed by atoms with E-state index in [2.05, 4.69) is 36.1 Å². The highest BCUT2D eigenvalue weighted by Gasteiger charge is 2.36. The third-order valence-electron chi connectivity index (χ3n) is 5.34. The molecule has 4 heterocycles. The first-order valence-electron chi connectivity index (χ1n) is 11.1. The minimum absolute atomic E-state index is 0.120. The van der Waals surface area contributed by atoms with Crippen molar-refractivity contribution in [1.29, 1.82) is 0 Å². The molecular weight excluding hydrogens is 566 g/mol. The number of carbonyl (C=O) groups excluding carboxylic acids is 2. The van der Waals surface area contributed by atoms with E-state index >= 15 is 0 Å². The molecule has 206 valence electrons. The number of hydrogen-bond donors (Lipinski definition) is 3. The number of ether oxygens (including phenoxy) is 1. The number of fused-ring (bicyclic) bond motifs is 1. The molecule has 0 spiro atoms. The summed E-state index contributed by atoms with van der Waals surface area (Å²) in [5.74, 6) is -1.13. The zero-order chi connectivity index (χ0) is 28.5. The lowest BCUT2D eigenvalue weighted by Gasteiger charge is -2.17. The number of nitrogens with zero attached hydrogens (tertiary/aromatic N) is 6. The molecule has 0 saturated heterocycles. The zero-order valence-corrected chi connectivity index (χ0v) is 21.9. The molecule has 3 amide bonds. The summed E-state index contributed by atoms with van der Waals surface area (Å²) in [4.78, 5) is 32.5. The van der Waals surface area contributed by atoms with Gasteiger partial charge >= 0.3 is 12.2 Å². The van der Waals surface area contributed by atoms with Crippen LogP contribution in [0.15, 0.2) is 36.9 Å². The molecule has 0 unspecified atom stereocenters. The molecule has 4 aromatic rings. The Labute approximate surface area is 228 Å². The molecule has 4 rings (SSSR count). The second-order valence-corrected chi connectivity index (χ2v) is 9.16. The van der Waals surface area contributed by atoms with Gasteiger partial charge < -0.3 is 20.7 Å². The minimum Gasteiger partial charge on any atom is -0.375 e. The molecule has 17 heteroatoms. The summed E-state index contributed by atoms with van der Waals surface area (Å²) in [5, 5.41) is 14.6. The average Bonchev–Trinajstić information content (AvgIpc) is 3.48. The van der Waals surface area contributed by atoms with Crippen LogP contribution in [0.2, 0.25) is 5.15 Å². The molecule has 0 aliphatic heterocycles. The van der Waals surface area contributed by atoms with E-state index in [9.17, 15) is 22.8 Å². The third-order valence-corrected chi connectivity index (χ3v) is 5.72. The van der Waals surface area contributed by atoms with Crippen LogP contribution in [0.4, 0.5) is 35.0 Å². The average molecular weight is 586 g/mol. The number of pyridine rings is 1. The summed E-state index contributed by atoms with van der Waals surface area (Å²) >= 11 is 11.7. The van der Waals surface area contributed by atoms with Crippen LogP contribution in [-0.2, 0) is 15.7 Å². The van der Waals surface area contributed by atoms with Gasteiger partial charge in [0.15, 0.2) is 16.6 Å². The minimum atomic E-state index is -4.86. The fourth-order valence-corrected chi connectivity index (χ4v) is 3.70. The first kappa shape index (κ1) is 28.1. The third kappa shape index (κ3) is 6.21. The van der Waals surface area contributed by atoms with Crippen LogP contribution in [0.5, 0.6) is 0 Å². The lowest BCUT2D eigenvalue weighted by Crippen LogP contribution is -2.23. The number of rotatable bonds is 7. The number of amides is 3. The Balaban J connectivity index is 1.59. The van der Waals surface area contributed by atoms with Crippen LogP contribution in [0.1, 0.15) is 31.2 Å². The van der Waals surface area contributed by atoms with Crippen molar-refractivity contribution in [3.63, 3.8) is 0 Å². The van der Waals surface area contributed by atoms with Gasteiger partial charge in [0.05, 0.1) is 53.6 Å². The van der Waals surface area contributed by atoms with E-state index in [-0.39, 0.29) is 22.2 Å². The summed E-state index contributed by atoms with van der Waals surface area (Å²) < 4.78 is 49.3. The Kier molecular flexibility index (Phi) is 7.94. The number of halogens is 5. The molecule has 0 bridgehead atoms. The van der Waals surface area contributed by atoms with Gasteiger partial charge in [0.1, 0.15) is 10.9 Å². The number of urea groups is 1. The number of methoxy groups -OCH3 is 1. The molecule has 39 heavy (non-hydrogen) atoms. The van der Waals surface area contributed by atoms with Crippen LogP contribution in [-0.4, -0.2) is 53.8 Å². The van der Waals surface area contributed by atoms with Gasteiger partial charge in [0.25, 0.3) is 0 Å². The number of aromatic nitrogens is 6. The lowest BCUT2D eigenvalue weighted by molar-refractivity contribution is -0.137. The fourth-order valence-electron chi connectivity index (χ4n) is 3.47. The SMILES string of the molecule is CO[C@@H](C)c1c(NC(=O)Nc2cnc(-n3cc(NC(=O)[C@H](C)Cl)cn3)c(C(F)(F)F)c2)cnc2cc(Cl)nn12. The van der Waals surface area contributed by atoms with Gasteiger partial charge in [0.2, 0.25) is 5.91 Å². The van der Waals surface area contributed by atoms with Gasteiger partial charge in [-0.3, -0.25) is 4.79 Å². The molecular formula is C22H20Cl2F3N9O3. The van der Waals surface area contributed by atoms with Crippen LogP contribution in [0.3, 0.4) is 0 Å². The number of anilines is 3. The molecule has 0 aliphatic rings. The van der Waals surface area contributed by atoms with Gasteiger partial charge in [-0.05, 0) is 19.9 Å². The van der Waals surface area contributed by atoms with E-state index in [4.69, 9.17) is 27.9 Å². The van der Waals surface area contributed by atoms with Crippen molar-refractivity contribution in [2.24, 2.45) is 0 Å². The maximum absolute atomic E-state index is 13.9. The maximum atomic E-state index is 13.9. The van der Waals surface area contributed by atoms with Crippen LogP contribution >= 0.6 is 23.2 Å². The van der Waals surface area contributed by atoms with Crippen LogP contribution in [0, 0.1) is 0 Å². The molecule has 0 radical (unpaired) electrons. The molecule has 0 aliphatic carbocycles. The van der Waals surface area contributed by atoms with E-state index in [1.54, 1.807) is 6.92 Å². The Morgan fingerprint density at radius 1 is 1.05 bits per heavy atom. The number of hydrogen-bond acceptors (Lipinski definition) is 7. The first-order chi connectivity index (χ1) is 18.4. The van der Waals surface area contributed by atoms with Gasteiger partial charge in [-0.2, -0.15) is 23.4 Å². The van der Waals surface area contributed by atoms with Gasteiger partial charge in [0, 0.05) is 13.2 Å². The van der Waals surface area contributed by atoms with Gasteiger partial charge in [-0.1, -0.05) is 11.6 Å². The van der Waals surface area contributed by atoms with Crippen molar-refractivity contribution in [3.8, 4) is 5.82 Å². The topological polar surface area (TPSA) is 140 Å². The largest absolute Gasteiger partial charge is 0.420 e. The Morgan fingerprint density at radius 2 is 1.79 bits per heavy atom. The molecule has 3 N–H and O–H groups in total. The quantitative estimate of drug-likeness (QED) is 0.262. The normalized spacial score (nSPS) is 13.2. The second kappa shape index (κ2) is 11.0. The molecule has 0 fully saturated rings. The Hall–Kier alpha value is -3.95. The van der Waals surface area contributed by atoms with E-state index in [1.807, 2.05) is 0 Å². The molecule has 2 atom stereocenters. The van der Waals surface area contributed by atoms with Crippen molar-refractivity contribution < 1.29 is 27.5 Å². The van der Waals surface area contributed by atoms with Gasteiger partial charge in [-0.25, -0.2) is 24.0 Å². The van der Waals surface area contributed by atoms with Crippen molar-refractivity contribution in [2.45, 2.75) is 31.5 Å². The zero-order valence-electron chi connectivity index (χ0n) is 20.4. The monoisotopic (exact) mass is 585 g/mol. The highest BCUT2D eigenvalue weighted by molar-refractivity contribution is 6.32. The lowest BCUT2D eigenvalue weighted by atomic mass is 10.2. The predicted molar refractivity (Wildman–Crippen MR) is 136 cm³/mol. The van der Waals surface area contributed by atoms with E-state index in [0.29, 0.717) is 17.4 Å². The van der Waals surface area contributed by atoms with Crippen LogP contribution < -0.4 is 16.0 Å². The summed E-state index contributed by atoms with van der Waals surface area (Å²) in [5.41, 5.74) is -0.328. The van der Waals surface area contributed by atoms with Crippen molar-refractivity contribution in [3.05, 3.63) is 53.3 Å². The standard InChI is InChI=1S/C22H20Cl2F3N9O3/c1-10(23)20(37)31-13-7-30-35(9-13)19-14(22(25,26)27)4-12(6-29-19)32-21(38)33-15-8-28-17-5-16(24)34-36(17)18(15)11(2)39-3/h4-11H,1-3H3,(H,31,37)(H2,32,33,38)/t10-,11-/m0/s1. The Morgan fingerprint density at radius 3 is 2.46 bits per heavy atom. The summed E-state index contributed by atoms with van der Waals surface area (Å²) in [6, 6.07) is 1.34. The molecule has 0 saturated carbocycles. The van der Waals surface area contributed by atoms with E-state index in [0.717, 1.165) is 23.3 Å². The number of alkyl halides is 4.